The zero-order valence-corrected chi connectivity index (χ0v) is 17.3. The number of rotatable bonds is 2. The first-order valence-electron chi connectivity index (χ1n) is 9.08. The average molecular weight is 429 g/mol. The minimum Gasteiger partial charge on any atom is -0.511 e. The molecule has 0 fully saturated rings. The lowest BCUT2D eigenvalue weighted by atomic mass is 9.90. The van der Waals surface area contributed by atoms with Crippen LogP contribution in [0.5, 0.6) is 0 Å². The molecule has 0 saturated heterocycles. The Hall–Kier alpha value is -1.98. The van der Waals surface area contributed by atoms with Gasteiger partial charge in [0.05, 0.1) is 21.0 Å². The molecule has 28 heavy (non-hydrogen) atoms. The number of nitrogens with two attached hydrogens (primary N) is 1. The number of hydrogen-bond acceptors (Lipinski definition) is 4. The largest absolute Gasteiger partial charge is 0.511 e. The number of aliphatic hydroxyl groups excluding tert-OH is 1. The van der Waals surface area contributed by atoms with Gasteiger partial charge in [0.25, 0.3) is 0 Å². The quantitative estimate of drug-likeness (QED) is 0.641. The average Bonchev–Trinajstić information content (AvgIpc) is 2.93. The van der Waals surface area contributed by atoms with Crippen LogP contribution in [0, 0.1) is 0 Å². The van der Waals surface area contributed by atoms with Crippen LogP contribution < -0.4 is 16.2 Å². The van der Waals surface area contributed by atoms with Crippen molar-refractivity contribution in [2.24, 2.45) is 0 Å². The highest BCUT2D eigenvalue weighted by Crippen LogP contribution is 2.44. The van der Waals surface area contributed by atoms with E-state index < -0.39 is 0 Å². The molecule has 0 saturated carbocycles. The first-order chi connectivity index (χ1) is 13.5. The van der Waals surface area contributed by atoms with Gasteiger partial charge in [-0.3, -0.25) is 4.90 Å². The highest BCUT2D eigenvalue weighted by atomic mass is 35.5. The van der Waals surface area contributed by atoms with Gasteiger partial charge in [-0.25, -0.2) is 0 Å². The SMILES string of the molecule is Nc1sc2c3c1C=c1cc(Cl)c(Cl)cc1=C(O)C3CN(Cc1ccccc1)C2. The maximum absolute atomic E-state index is 11.2. The summed E-state index contributed by atoms with van der Waals surface area (Å²) in [4.78, 5) is 3.58. The summed E-state index contributed by atoms with van der Waals surface area (Å²) in [6.45, 7) is 2.38. The first-order valence-corrected chi connectivity index (χ1v) is 10.7. The van der Waals surface area contributed by atoms with E-state index in [2.05, 4.69) is 29.2 Å². The fraction of sp³-hybridized carbons (Fsp3) is 0.182. The van der Waals surface area contributed by atoms with Gasteiger partial charge in [-0.15, -0.1) is 11.3 Å². The second kappa shape index (κ2) is 6.82. The molecule has 3 aromatic rings. The molecule has 2 aromatic carbocycles. The van der Waals surface area contributed by atoms with Crippen LogP contribution in [0.3, 0.4) is 0 Å². The monoisotopic (exact) mass is 428 g/mol. The van der Waals surface area contributed by atoms with Crippen molar-refractivity contribution in [1.82, 2.24) is 4.90 Å². The number of nitrogens with zero attached hydrogens (tertiary/aromatic N) is 1. The van der Waals surface area contributed by atoms with E-state index in [0.29, 0.717) is 15.8 Å². The minimum absolute atomic E-state index is 0.134. The van der Waals surface area contributed by atoms with Gasteiger partial charge in [-0.2, -0.15) is 0 Å². The van der Waals surface area contributed by atoms with Crippen molar-refractivity contribution in [2.75, 3.05) is 12.3 Å². The number of halogens is 2. The molecule has 2 aliphatic rings. The molecule has 3 N–H and O–H groups in total. The number of thiophene rings is 1. The second-order valence-electron chi connectivity index (χ2n) is 7.31. The number of hydrogen-bond donors (Lipinski definition) is 2. The Morgan fingerprint density at radius 1 is 1.14 bits per heavy atom. The molecule has 1 aromatic heterocycles. The standard InChI is InChI=1S/C22H18Cl2N2OS/c23-17-7-13-6-15-20-16(21(27)14(13)8-18(17)24)10-26(11-19(20)28-22(15)25)9-12-4-2-1-3-5-12/h1-8,16,27H,9-11,25H2. The molecular weight excluding hydrogens is 411 g/mol. The van der Waals surface area contributed by atoms with Crippen molar-refractivity contribution in [3.63, 3.8) is 0 Å². The van der Waals surface area contributed by atoms with Crippen LogP contribution in [0.25, 0.3) is 11.8 Å². The van der Waals surface area contributed by atoms with Gasteiger partial charge in [0.1, 0.15) is 5.76 Å². The number of fused-ring (bicyclic) bond motifs is 1. The topological polar surface area (TPSA) is 49.5 Å². The summed E-state index contributed by atoms with van der Waals surface area (Å²) in [5.74, 6) is 0.200. The molecule has 1 atom stereocenters. The Kier molecular flexibility index (Phi) is 4.40. The van der Waals surface area contributed by atoms with Crippen molar-refractivity contribution in [3.05, 3.63) is 84.5 Å². The lowest BCUT2D eigenvalue weighted by molar-refractivity contribution is 0.229. The van der Waals surface area contributed by atoms with Crippen LogP contribution in [0.1, 0.15) is 27.5 Å². The molecule has 0 amide bonds. The second-order valence-corrected chi connectivity index (χ2v) is 9.26. The van der Waals surface area contributed by atoms with Crippen LogP contribution >= 0.6 is 34.5 Å². The van der Waals surface area contributed by atoms with E-state index in [9.17, 15) is 5.11 Å². The molecule has 1 aliphatic heterocycles. The van der Waals surface area contributed by atoms with E-state index in [1.165, 1.54) is 10.4 Å². The molecule has 0 radical (unpaired) electrons. The predicted octanol–water partition coefficient (Wildman–Crippen LogP) is 4.25. The third-order valence-electron chi connectivity index (χ3n) is 5.49. The molecule has 2 heterocycles. The first kappa shape index (κ1) is 18.1. The van der Waals surface area contributed by atoms with Gasteiger partial charge < -0.3 is 10.8 Å². The maximum Gasteiger partial charge on any atom is 0.109 e. The molecule has 1 unspecified atom stereocenters. The van der Waals surface area contributed by atoms with Crippen molar-refractivity contribution < 1.29 is 5.11 Å². The lowest BCUT2D eigenvalue weighted by Gasteiger charge is -2.32. The molecule has 1 aliphatic carbocycles. The Balaban J connectivity index is 1.67. The summed E-state index contributed by atoms with van der Waals surface area (Å²) < 4.78 is 0. The van der Waals surface area contributed by atoms with Crippen LogP contribution in [-0.2, 0) is 13.1 Å². The van der Waals surface area contributed by atoms with Gasteiger partial charge in [0.15, 0.2) is 0 Å². The van der Waals surface area contributed by atoms with Crippen LogP contribution in [-0.4, -0.2) is 16.6 Å². The zero-order valence-electron chi connectivity index (χ0n) is 15.0. The number of anilines is 1. The summed E-state index contributed by atoms with van der Waals surface area (Å²) in [5, 5.41) is 14.5. The summed E-state index contributed by atoms with van der Waals surface area (Å²) in [6, 6.07) is 14.0. The van der Waals surface area contributed by atoms with Gasteiger partial charge in [0, 0.05) is 35.3 Å². The molecule has 3 nitrogen and oxygen atoms in total. The smallest absolute Gasteiger partial charge is 0.109 e. The van der Waals surface area contributed by atoms with E-state index in [-0.39, 0.29) is 5.92 Å². The lowest BCUT2D eigenvalue weighted by Crippen LogP contribution is -2.35. The van der Waals surface area contributed by atoms with Crippen LogP contribution in [0.4, 0.5) is 5.00 Å². The van der Waals surface area contributed by atoms with Crippen LogP contribution in [0.2, 0.25) is 10.0 Å². The Labute approximate surface area is 176 Å². The van der Waals surface area contributed by atoms with Crippen molar-refractivity contribution in [1.29, 1.82) is 0 Å². The highest BCUT2D eigenvalue weighted by molar-refractivity contribution is 7.16. The Morgan fingerprint density at radius 3 is 2.68 bits per heavy atom. The predicted molar refractivity (Wildman–Crippen MR) is 117 cm³/mol. The minimum atomic E-state index is -0.134. The van der Waals surface area contributed by atoms with Gasteiger partial charge in [-0.1, -0.05) is 53.5 Å². The summed E-state index contributed by atoms with van der Waals surface area (Å²) in [7, 11) is 0. The van der Waals surface area contributed by atoms with Crippen molar-refractivity contribution in [2.45, 2.75) is 19.0 Å². The number of benzene rings is 2. The van der Waals surface area contributed by atoms with E-state index >= 15 is 0 Å². The van der Waals surface area contributed by atoms with E-state index in [0.717, 1.165) is 46.2 Å². The summed E-state index contributed by atoms with van der Waals surface area (Å²) in [6.07, 6.45) is 2.03. The van der Waals surface area contributed by atoms with Crippen molar-refractivity contribution in [3.8, 4) is 0 Å². The Bertz CT molecular complexity index is 1200. The molecular formula is C22H18Cl2N2OS. The third-order valence-corrected chi connectivity index (χ3v) is 7.25. The number of aliphatic hydroxyl groups is 1. The Morgan fingerprint density at radius 2 is 1.89 bits per heavy atom. The molecule has 142 valence electrons. The summed E-state index contributed by atoms with van der Waals surface area (Å²) >= 11 is 14.1. The zero-order chi connectivity index (χ0) is 19.4. The molecule has 0 bridgehead atoms. The fourth-order valence-corrected chi connectivity index (χ4v) is 5.71. The highest BCUT2D eigenvalue weighted by Gasteiger charge is 2.34. The third kappa shape index (κ3) is 2.92. The van der Waals surface area contributed by atoms with Crippen molar-refractivity contribution >= 4 is 51.4 Å². The fourth-order valence-electron chi connectivity index (χ4n) is 4.22. The summed E-state index contributed by atoms with van der Waals surface area (Å²) in [5.41, 5.74) is 9.79. The van der Waals surface area contributed by atoms with Gasteiger partial charge in [-0.05, 0) is 34.6 Å². The molecule has 0 spiro atoms. The van der Waals surface area contributed by atoms with E-state index in [4.69, 9.17) is 28.9 Å². The van der Waals surface area contributed by atoms with Crippen LogP contribution in [0.15, 0.2) is 42.5 Å². The maximum atomic E-state index is 11.2. The van der Waals surface area contributed by atoms with E-state index in [1.54, 1.807) is 23.5 Å². The van der Waals surface area contributed by atoms with Gasteiger partial charge in [0.2, 0.25) is 0 Å². The molecule has 5 rings (SSSR count). The van der Waals surface area contributed by atoms with Gasteiger partial charge >= 0.3 is 0 Å². The van der Waals surface area contributed by atoms with E-state index in [1.807, 2.05) is 12.1 Å². The molecule has 6 heteroatoms. The number of nitrogen functional groups attached to an aromatic ring is 1. The normalized spacial score (nSPS) is 18.2.